The van der Waals surface area contributed by atoms with Crippen molar-refractivity contribution in [1.82, 2.24) is 14.8 Å². The maximum atomic E-state index is 15.6. The molecule has 2 heterocycles. The third-order valence-corrected chi connectivity index (χ3v) is 5.83. The summed E-state index contributed by atoms with van der Waals surface area (Å²) < 4.78 is 17.4. The van der Waals surface area contributed by atoms with E-state index in [0.29, 0.717) is 12.1 Å². The van der Waals surface area contributed by atoms with E-state index >= 15 is 4.39 Å². The summed E-state index contributed by atoms with van der Waals surface area (Å²) in [5.41, 5.74) is 4.83. The molecule has 4 heteroatoms. The minimum atomic E-state index is -1.55. The first-order valence-corrected chi connectivity index (χ1v) is 12.6. The fraction of sp³-hybridized carbons (Fsp3) is 0.312. The van der Waals surface area contributed by atoms with Gasteiger partial charge in [0.05, 0.1) is 11.4 Å². The number of rotatable bonds is 5. The molecule has 0 saturated carbocycles. The molecule has 0 radical (unpaired) electrons. The summed E-state index contributed by atoms with van der Waals surface area (Å²) >= 11 is 0. The van der Waals surface area contributed by atoms with E-state index in [0.717, 1.165) is 38.8 Å². The monoisotopic (exact) mass is 485 g/mol. The van der Waals surface area contributed by atoms with Gasteiger partial charge in [0.2, 0.25) is 0 Å². The fourth-order valence-electron chi connectivity index (χ4n) is 4.08. The molecule has 190 valence electrons. The number of fused-ring (bicyclic) bond motifs is 1. The van der Waals surface area contributed by atoms with Gasteiger partial charge in [0, 0.05) is 23.3 Å². The zero-order valence-electron chi connectivity index (χ0n) is 22.9. The van der Waals surface area contributed by atoms with Crippen LogP contribution in [-0.2, 0) is 5.67 Å². The van der Waals surface area contributed by atoms with E-state index in [4.69, 9.17) is 5.10 Å². The summed E-state index contributed by atoms with van der Waals surface area (Å²) in [6.07, 6.45) is 8.58. The average Bonchev–Trinajstić information content (AvgIpc) is 3.29. The van der Waals surface area contributed by atoms with Crippen LogP contribution in [0.4, 0.5) is 4.39 Å². The van der Waals surface area contributed by atoms with E-state index < -0.39 is 5.67 Å². The number of pyridine rings is 1. The van der Waals surface area contributed by atoms with Crippen molar-refractivity contribution in [3.05, 3.63) is 103 Å². The molecule has 0 fully saturated rings. The Hall–Kier alpha value is -3.53. The van der Waals surface area contributed by atoms with Crippen molar-refractivity contribution in [3.8, 4) is 16.9 Å². The van der Waals surface area contributed by atoms with E-state index in [2.05, 4.69) is 64.9 Å². The van der Waals surface area contributed by atoms with E-state index in [1.165, 1.54) is 12.0 Å². The lowest BCUT2D eigenvalue weighted by atomic mass is 9.95. The molecule has 36 heavy (non-hydrogen) atoms. The lowest BCUT2D eigenvalue weighted by Crippen LogP contribution is -2.16. The van der Waals surface area contributed by atoms with Gasteiger partial charge in [-0.1, -0.05) is 94.5 Å². The molecular weight excluding hydrogens is 445 g/mol. The van der Waals surface area contributed by atoms with Crippen molar-refractivity contribution in [3.63, 3.8) is 0 Å². The molecule has 0 aliphatic rings. The first-order valence-electron chi connectivity index (χ1n) is 12.6. The maximum absolute atomic E-state index is 15.6. The summed E-state index contributed by atoms with van der Waals surface area (Å²) in [7, 11) is 0. The predicted molar refractivity (Wildman–Crippen MR) is 154 cm³/mol. The number of benzene rings is 2. The van der Waals surface area contributed by atoms with Crippen LogP contribution in [0.25, 0.3) is 27.7 Å². The minimum Gasteiger partial charge on any atom is -0.255 e. The van der Waals surface area contributed by atoms with Gasteiger partial charge in [-0.2, -0.15) is 5.10 Å². The van der Waals surface area contributed by atoms with Crippen molar-refractivity contribution in [2.75, 3.05) is 0 Å². The van der Waals surface area contributed by atoms with Crippen LogP contribution in [0.1, 0.15) is 62.9 Å². The molecule has 0 aliphatic heterocycles. The second kappa shape index (κ2) is 13.0. The third-order valence-electron chi connectivity index (χ3n) is 5.83. The Morgan fingerprint density at radius 2 is 1.56 bits per heavy atom. The van der Waals surface area contributed by atoms with Gasteiger partial charge in [-0.05, 0) is 56.7 Å². The van der Waals surface area contributed by atoms with Crippen LogP contribution in [-0.4, -0.2) is 14.8 Å². The largest absolute Gasteiger partial charge is 0.255 e. The van der Waals surface area contributed by atoms with Gasteiger partial charge in [-0.15, -0.1) is 0 Å². The first-order chi connectivity index (χ1) is 17.1. The fourth-order valence-corrected chi connectivity index (χ4v) is 4.08. The van der Waals surface area contributed by atoms with Crippen LogP contribution in [0.15, 0.2) is 80.2 Å². The van der Waals surface area contributed by atoms with Crippen molar-refractivity contribution in [2.24, 2.45) is 0 Å². The Morgan fingerprint density at radius 1 is 0.972 bits per heavy atom. The second-order valence-corrected chi connectivity index (χ2v) is 9.19. The molecule has 2 aromatic heterocycles. The van der Waals surface area contributed by atoms with Gasteiger partial charge in [0.1, 0.15) is 5.69 Å². The SMILES string of the molecule is C=CC=C.CCC.CCC(C)(F)c1nn(-c2c(C)cc(C)cc2C)cc1-c1nccc2ccccc12. The van der Waals surface area contributed by atoms with Crippen LogP contribution in [0, 0.1) is 20.8 Å². The van der Waals surface area contributed by atoms with E-state index in [1.807, 2.05) is 48.1 Å². The van der Waals surface area contributed by atoms with Gasteiger partial charge in [-0.25, -0.2) is 9.07 Å². The molecule has 4 rings (SSSR count). The number of aromatic nitrogens is 3. The number of hydrogen-bond donors (Lipinski definition) is 0. The maximum Gasteiger partial charge on any atom is 0.152 e. The normalized spacial score (nSPS) is 12.0. The Bertz CT molecular complexity index is 1280. The number of alkyl halides is 1. The van der Waals surface area contributed by atoms with Crippen LogP contribution in [0.5, 0.6) is 0 Å². The molecule has 2 aromatic carbocycles. The number of allylic oxidation sites excluding steroid dienone is 2. The van der Waals surface area contributed by atoms with Gasteiger partial charge in [0.15, 0.2) is 5.67 Å². The van der Waals surface area contributed by atoms with E-state index in [-0.39, 0.29) is 0 Å². The molecule has 0 saturated heterocycles. The first kappa shape index (κ1) is 28.7. The lowest BCUT2D eigenvalue weighted by Gasteiger charge is -2.18. The summed E-state index contributed by atoms with van der Waals surface area (Å²) in [6, 6.07) is 14.3. The third kappa shape index (κ3) is 6.57. The molecule has 3 nitrogen and oxygen atoms in total. The molecule has 0 bridgehead atoms. The van der Waals surface area contributed by atoms with E-state index in [1.54, 1.807) is 25.3 Å². The number of aryl methyl sites for hydroxylation is 3. The van der Waals surface area contributed by atoms with Crippen molar-refractivity contribution in [1.29, 1.82) is 0 Å². The zero-order chi connectivity index (χ0) is 26.9. The highest BCUT2D eigenvalue weighted by Crippen LogP contribution is 2.38. The summed E-state index contributed by atoms with van der Waals surface area (Å²) in [5, 5.41) is 6.84. The van der Waals surface area contributed by atoms with Gasteiger partial charge < -0.3 is 0 Å². The highest BCUT2D eigenvalue weighted by molar-refractivity contribution is 5.95. The Balaban J connectivity index is 0.000000583. The van der Waals surface area contributed by atoms with Crippen LogP contribution in [0.3, 0.4) is 0 Å². The quantitative estimate of drug-likeness (QED) is 0.264. The molecule has 0 N–H and O–H groups in total. The van der Waals surface area contributed by atoms with Crippen molar-refractivity contribution in [2.45, 2.75) is 67.0 Å². The molecule has 0 amide bonds. The highest BCUT2D eigenvalue weighted by atomic mass is 19.1. The molecule has 1 atom stereocenters. The Kier molecular flexibility index (Phi) is 10.3. The van der Waals surface area contributed by atoms with Crippen molar-refractivity contribution < 1.29 is 4.39 Å². The molecule has 4 aromatic rings. The lowest BCUT2D eigenvalue weighted by molar-refractivity contribution is 0.179. The summed E-state index contributed by atoms with van der Waals surface area (Å²) in [5.74, 6) is 0. The van der Waals surface area contributed by atoms with Crippen molar-refractivity contribution >= 4 is 10.8 Å². The van der Waals surface area contributed by atoms with Gasteiger partial charge in [0.25, 0.3) is 0 Å². The molecule has 0 spiro atoms. The van der Waals surface area contributed by atoms with Gasteiger partial charge in [-0.3, -0.25) is 4.98 Å². The highest BCUT2D eigenvalue weighted by Gasteiger charge is 2.32. The second-order valence-electron chi connectivity index (χ2n) is 9.19. The predicted octanol–water partition coefficient (Wildman–Crippen LogP) is 9.38. The summed E-state index contributed by atoms with van der Waals surface area (Å²) in [6.45, 7) is 20.6. The van der Waals surface area contributed by atoms with Gasteiger partial charge >= 0.3 is 0 Å². The smallest absolute Gasteiger partial charge is 0.152 e. The number of hydrogen-bond acceptors (Lipinski definition) is 2. The standard InChI is InChI=1S/C25H26FN3.C4H6.C3H8/c1-6-25(5,26)24-21(22-20-10-8-7-9-19(20)11-12-27-22)15-29(28-24)23-17(3)13-16(2)14-18(23)4;1-3-4-2;1-3-2/h7-15H,6H2,1-5H3;3-4H,1-2H2;3H2,1-2H3. The average molecular weight is 486 g/mol. The van der Waals surface area contributed by atoms with Crippen LogP contribution < -0.4 is 0 Å². The topological polar surface area (TPSA) is 30.7 Å². The molecule has 1 unspecified atom stereocenters. The zero-order valence-corrected chi connectivity index (χ0v) is 22.9. The van der Waals surface area contributed by atoms with E-state index in [9.17, 15) is 0 Å². The van der Waals surface area contributed by atoms with Crippen LogP contribution >= 0.6 is 0 Å². The molecule has 0 aliphatic carbocycles. The minimum absolute atomic E-state index is 0.341. The van der Waals surface area contributed by atoms with Crippen LogP contribution in [0.2, 0.25) is 0 Å². The number of nitrogens with zero attached hydrogens (tertiary/aromatic N) is 3. The Labute approximate surface area is 216 Å². The number of halogens is 1. The summed E-state index contributed by atoms with van der Waals surface area (Å²) in [4.78, 5) is 4.63. The molecular formula is C32H40FN3. The Morgan fingerprint density at radius 3 is 2.11 bits per heavy atom.